The van der Waals surface area contributed by atoms with Gasteiger partial charge in [0.1, 0.15) is 0 Å². The van der Waals surface area contributed by atoms with Crippen LogP contribution < -0.4 is 0 Å². The number of hydrogen-bond donors (Lipinski definition) is 0. The first-order valence-corrected chi connectivity index (χ1v) is 19.0. The van der Waals surface area contributed by atoms with Crippen LogP contribution in [0.1, 0.15) is 108 Å². The van der Waals surface area contributed by atoms with Crippen LogP contribution in [0.4, 0.5) is 0 Å². The number of piperidine rings is 2. The Labute approximate surface area is 269 Å². The Hall–Kier alpha value is -0.240. The van der Waals surface area contributed by atoms with Gasteiger partial charge in [-0.25, -0.2) is 0 Å². The highest BCUT2D eigenvalue weighted by molar-refractivity contribution is 4.99. The van der Waals surface area contributed by atoms with Crippen LogP contribution in [0.3, 0.4) is 0 Å². The van der Waals surface area contributed by atoms with Crippen LogP contribution in [-0.2, 0) is 0 Å². The van der Waals surface area contributed by atoms with Crippen molar-refractivity contribution in [2.75, 3.05) is 72.5 Å². The lowest BCUT2D eigenvalue weighted by Gasteiger charge is -2.54. The summed E-state index contributed by atoms with van der Waals surface area (Å²) in [5, 5.41) is 0. The van der Waals surface area contributed by atoms with Crippen LogP contribution in [0.15, 0.2) is 0 Å². The predicted octanol–water partition coefficient (Wildman–Crippen LogP) is 6.07. The van der Waals surface area contributed by atoms with E-state index in [9.17, 15) is 0 Å². The molecular weight excluding hydrogens is 528 g/mol. The molecule has 0 N–H and O–H groups in total. The summed E-state index contributed by atoms with van der Waals surface area (Å²) < 4.78 is 0. The van der Waals surface area contributed by atoms with Crippen LogP contribution >= 0.6 is 0 Å². The number of likely N-dealkylation sites (tertiary alicyclic amines) is 1. The molecule has 8 rings (SSSR count). The van der Waals surface area contributed by atoms with E-state index in [-0.39, 0.29) is 0 Å². The van der Waals surface area contributed by atoms with Gasteiger partial charge in [-0.2, -0.15) is 0 Å². The molecular formula is C37H76N6. The Morgan fingerprint density at radius 3 is 1.77 bits per heavy atom. The van der Waals surface area contributed by atoms with E-state index in [0.717, 1.165) is 17.8 Å². The summed E-state index contributed by atoms with van der Waals surface area (Å²) in [6, 6.07) is 4.61. The summed E-state index contributed by atoms with van der Waals surface area (Å²) in [6.07, 6.45) is 6.89. The lowest BCUT2D eigenvalue weighted by molar-refractivity contribution is -0.0471. The van der Waals surface area contributed by atoms with Crippen LogP contribution in [0.2, 0.25) is 0 Å². The zero-order chi connectivity index (χ0) is 31.8. The molecule has 7 atom stereocenters. The zero-order valence-corrected chi connectivity index (χ0v) is 31.1. The van der Waals surface area contributed by atoms with E-state index >= 15 is 0 Å². The minimum atomic E-state index is 0.615. The second-order valence-electron chi connectivity index (χ2n) is 15.2. The van der Waals surface area contributed by atoms with E-state index in [1.165, 1.54) is 97.6 Å². The summed E-state index contributed by atoms with van der Waals surface area (Å²) in [5.41, 5.74) is 0. The quantitative estimate of drug-likeness (QED) is 0.386. The van der Waals surface area contributed by atoms with Crippen molar-refractivity contribution < 1.29 is 0 Å². The minimum Gasteiger partial charge on any atom is -0.306 e. The van der Waals surface area contributed by atoms with Crippen molar-refractivity contribution in [2.24, 2.45) is 17.8 Å². The smallest absolute Gasteiger partial charge is 0.0270 e. The maximum absolute atomic E-state index is 2.94. The van der Waals surface area contributed by atoms with E-state index in [2.05, 4.69) is 84.9 Å². The summed E-state index contributed by atoms with van der Waals surface area (Å²) in [5.74, 6) is 2.48. The second-order valence-corrected chi connectivity index (χ2v) is 15.2. The van der Waals surface area contributed by atoms with Gasteiger partial charge in [0.15, 0.2) is 0 Å². The second kappa shape index (κ2) is 17.6. The first-order chi connectivity index (χ1) is 20.6. The molecule has 8 saturated heterocycles. The molecule has 0 spiro atoms. The van der Waals surface area contributed by atoms with Gasteiger partial charge in [0.05, 0.1) is 0 Å². The molecule has 6 nitrogen and oxygen atoms in total. The largest absolute Gasteiger partial charge is 0.306 e. The summed E-state index contributed by atoms with van der Waals surface area (Å²) in [4.78, 5) is 17.1. The monoisotopic (exact) mass is 605 g/mol. The number of rotatable bonds is 4. The average Bonchev–Trinajstić information content (AvgIpc) is 3.02. The molecule has 4 bridgehead atoms. The summed E-state index contributed by atoms with van der Waals surface area (Å²) in [7, 11) is 2.30. The topological polar surface area (TPSA) is 19.4 Å². The van der Waals surface area contributed by atoms with Crippen LogP contribution in [0.5, 0.6) is 0 Å². The Kier molecular flexibility index (Phi) is 15.2. The van der Waals surface area contributed by atoms with Crippen LogP contribution in [0.25, 0.3) is 0 Å². The molecule has 0 aromatic rings. The zero-order valence-electron chi connectivity index (χ0n) is 31.1. The molecule has 0 aliphatic carbocycles. The molecule has 0 amide bonds. The fourth-order valence-electron chi connectivity index (χ4n) is 9.33. The van der Waals surface area contributed by atoms with Crippen LogP contribution in [-0.4, -0.2) is 144 Å². The Bertz CT molecular complexity index is 748. The number of hydrogen-bond acceptors (Lipinski definition) is 6. The highest BCUT2D eigenvalue weighted by Crippen LogP contribution is 2.35. The van der Waals surface area contributed by atoms with E-state index in [0.29, 0.717) is 42.3 Å². The standard InChI is InChI=1S/C33H64N6.2C2H6/c1-24(2)38-20-26(4)37(21-30-9-13-34(8)14-10-30)23-33(38)32-17-25(3)36-18-27(5)39(28(6)19-36)22-31-11-15-35(16-12-31)29(32)7;2*1-2/h24-33H,9-23H2,1-8H3;2*1-2H3/t25?,26?,27?,28?,29?,32?,33-;;/m0../s1. The van der Waals surface area contributed by atoms with Crippen molar-refractivity contribution in [1.29, 1.82) is 0 Å². The molecule has 8 aliphatic rings. The third-order valence-corrected chi connectivity index (χ3v) is 12.1. The van der Waals surface area contributed by atoms with Gasteiger partial charge in [0, 0.05) is 81.6 Å². The van der Waals surface area contributed by atoms with Crippen molar-refractivity contribution in [3.63, 3.8) is 0 Å². The van der Waals surface area contributed by atoms with E-state index in [4.69, 9.17) is 0 Å². The highest BCUT2D eigenvalue weighted by Gasteiger charge is 2.44. The van der Waals surface area contributed by atoms with Crippen molar-refractivity contribution >= 4 is 0 Å². The fourth-order valence-corrected chi connectivity index (χ4v) is 9.33. The van der Waals surface area contributed by atoms with Crippen molar-refractivity contribution in [2.45, 2.75) is 151 Å². The molecule has 8 heterocycles. The number of piperazine rings is 2. The Morgan fingerprint density at radius 1 is 0.628 bits per heavy atom. The first kappa shape index (κ1) is 37.2. The lowest BCUT2D eigenvalue weighted by atomic mass is 9.81. The van der Waals surface area contributed by atoms with Crippen molar-refractivity contribution in [1.82, 2.24) is 29.4 Å². The Morgan fingerprint density at radius 2 is 1.21 bits per heavy atom. The molecule has 0 aromatic carbocycles. The van der Waals surface area contributed by atoms with E-state index in [1.807, 2.05) is 27.7 Å². The van der Waals surface area contributed by atoms with E-state index in [1.54, 1.807) is 0 Å². The number of nitrogens with zero attached hydrogens (tertiary/aromatic N) is 6. The van der Waals surface area contributed by atoms with Gasteiger partial charge in [0.2, 0.25) is 0 Å². The molecule has 254 valence electrons. The van der Waals surface area contributed by atoms with Gasteiger partial charge in [0.25, 0.3) is 0 Å². The highest BCUT2D eigenvalue weighted by atomic mass is 15.3. The van der Waals surface area contributed by atoms with Crippen molar-refractivity contribution in [3.8, 4) is 0 Å². The van der Waals surface area contributed by atoms with Gasteiger partial charge in [-0.05, 0) is 132 Å². The molecule has 43 heavy (non-hydrogen) atoms. The van der Waals surface area contributed by atoms with Gasteiger partial charge in [-0.1, -0.05) is 27.7 Å². The molecule has 0 radical (unpaired) electrons. The predicted molar refractivity (Wildman–Crippen MR) is 188 cm³/mol. The fraction of sp³-hybridized carbons (Fsp3) is 1.00. The molecule has 0 aromatic heterocycles. The first-order valence-electron chi connectivity index (χ1n) is 19.0. The SMILES string of the molecule is CC.CC.CC1CC([C@@H]2CN(CC3CCN(C)CC3)C(C)CN2C(C)C)C(C)N2CCC(CC2)CN2C(C)CN1CC2C. The Balaban J connectivity index is 0.00000121. The maximum Gasteiger partial charge on any atom is 0.0270 e. The van der Waals surface area contributed by atoms with Gasteiger partial charge < -0.3 is 9.80 Å². The minimum absolute atomic E-state index is 0.615. The molecule has 6 heteroatoms. The summed E-state index contributed by atoms with van der Waals surface area (Å²) in [6.45, 7) is 38.5. The van der Waals surface area contributed by atoms with Crippen LogP contribution in [0, 0.1) is 17.8 Å². The van der Waals surface area contributed by atoms with Gasteiger partial charge in [-0.15, -0.1) is 0 Å². The molecule has 0 saturated carbocycles. The van der Waals surface area contributed by atoms with Crippen molar-refractivity contribution in [3.05, 3.63) is 0 Å². The van der Waals surface area contributed by atoms with E-state index < -0.39 is 0 Å². The third-order valence-electron chi connectivity index (χ3n) is 12.1. The normalized spacial score (nSPS) is 42.2. The average molecular weight is 605 g/mol. The molecule has 8 fully saturated rings. The lowest BCUT2D eigenvalue weighted by Crippen LogP contribution is -2.65. The third kappa shape index (κ3) is 9.41. The van der Waals surface area contributed by atoms with Gasteiger partial charge >= 0.3 is 0 Å². The van der Waals surface area contributed by atoms with Gasteiger partial charge in [-0.3, -0.25) is 19.6 Å². The molecule has 8 aliphatic heterocycles. The maximum atomic E-state index is 2.94. The summed E-state index contributed by atoms with van der Waals surface area (Å²) >= 11 is 0. The molecule has 6 unspecified atom stereocenters.